The van der Waals surface area contributed by atoms with Gasteiger partial charge >= 0.3 is 0 Å². The first-order valence-electron chi connectivity index (χ1n) is 5.64. The van der Waals surface area contributed by atoms with Crippen molar-refractivity contribution in [2.24, 2.45) is 0 Å². The third-order valence-corrected chi connectivity index (χ3v) is 2.31. The van der Waals surface area contributed by atoms with Crippen LogP contribution in [0, 0.1) is 0 Å². The molecule has 0 radical (unpaired) electrons. The van der Waals surface area contributed by atoms with Gasteiger partial charge in [0, 0.05) is 0 Å². The van der Waals surface area contributed by atoms with Gasteiger partial charge in [-0.25, -0.2) is 0 Å². The smallest absolute Gasteiger partial charge is 0.119 e. The molecular formula is C14H22O2. The second kappa shape index (κ2) is 4.46. The first-order valence-corrected chi connectivity index (χ1v) is 5.64. The molecule has 1 aromatic carbocycles. The Morgan fingerprint density at radius 3 is 1.88 bits per heavy atom. The monoisotopic (exact) mass is 222 g/mol. The lowest BCUT2D eigenvalue weighted by Crippen LogP contribution is -2.27. The highest BCUT2D eigenvalue weighted by Gasteiger charge is 2.15. The number of ether oxygens (including phenoxy) is 1. The fourth-order valence-corrected chi connectivity index (χ4v) is 1.31. The Bertz CT molecular complexity index is 325. The maximum atomic E-state index is 9.54. The summed E-state index contributed by atoms with van der Waals surface area (Å²) in [7, 11) is 0. The molecule has 90 valence electrons. The average molecular weight is 222 g/mol. The van der Waals surface area contributed by atoms with Gasteiger partial charge in [0.05, 0.1) is 5.60 Å². The highest BCUT2D eigenvalue weighted by molar-refractivity contribution is 5.31. The summed E-state index contributed by atoms with van der Waals surface area (Å²) in [5, 5.41) is 9.54. The SMILES string of the molecule is CC(C)(O)COc1ccc(C(C)(C)C)cc1. The molecule has 0 spiro atoms. The Morgan fingerprint density at radius 1 is 1.00 bits per heavy atom. The van der Waals surface area contributed by atoms with Gasteiger partial charge in [0.15, 0.2) is 0 Å². The standard InChI is InChI=1S/C14H22O2/c1-13(2,3)11-6-8-12(9-7-11)16-10-14(4,5)15/h6-9,15H,10H2,1-5H3. The summed E-state index contributed by atoms with van der Waals surface area (Å²) >= 11 is 0. The van der Waals surface area contributed by atoms with Crippen molar-refractivity contribution in [3.63, 3.8) is 0 Å². The molecule has 0 saturated heterocycles. The van der Waals surface area contributed by atoms with E-state index in [1.165, 1.54) is 5.56 Å². The zero-order valence-electron chi connectivity index (χ0n) is 10.9. The Kier molecular flexibility index (Phi) is 3.64. The van der Waals surface area contributed by atoms with Crippen LogP contribution in [0.25, 0.3) is 0 Å². The Balaban J connectivity index is 2.66. The number of rotatable bonds is 3. The lowest BCUT2D eigenvalue weighted by Gasteiger charge is -2.20. The molecule has 0 fully saturated rings. The van der Waals surface area contributed by atoms with Crippen LogP contribution in [0.3, 0.4) is 0 Å². The van der Waals surface area contributed by atoms with Crippen LogP contribution in [-0.4, -0.2) is 17.3 Å². The van der Waals surface area contributed by atoms with Crippen molar-refractivity contribution < 1.29 is 9.84 Å². The van der Waals surface area contributed by atoms with Gasteiger partial charge in [-0.3, -0.25) is 0 Å². The molecule has 0 amide bonds. The number of hydrogen-bond donors (Lipinski definition) is 1. The van der Waals surface area contributed by atoms with Gasteiger partial charge in [0.2, 0.25) is 0 Å². The van der Waals surface area contributed by atoms with Gasteiger partial charge in [-0.05, 0) is 37.0 Å². The number of hydrogen-bond acceptors (Lipinski definition) is 2. The number of aliphatic hydroxyl groups is 1. The fourth-order valence-electron chi connectivity index (χ4n) is 1.31. The van der Waals surface area contributed by atoms with Gasteiger partial charge in [-0.2, -0.15) is 0 Å². The molecule has 0 unspecified atom stereocenters. The summed E-state index contributed by atoms with van der Waals surface area (Å²) in [6, 6.07) is 8.04. The van der Waals surface area contributed by atoms with Crippen LogP contribution in [0.15, 0.2) is 24.3 Å². The van der Waals surface area contributed by atoms with Crippen molar-refractivity contribution in [1.82, 2.24) is 0 Å². The maximum Gasteiger partial charge on any atom is 0.119 e. The van der Waals surface area contributed by atoms with Gasteiger partial charge in [0.1, 0.15) is 12.4 Å². The van der Waals surface area contributed by atoms with Crippen LogP contribution in [-0.2, 0) is 5.41 Å². The largest absolute Gasteiger partial charge is 0.491 e. The van der Waals surface area contributed by atoms with Crippen molar-refractivity contribution in [2.75, 3.05) is 6.61 Å². The molecule has 16 heavy (non-hydrogen) atoms. The van der Waals surface area contributed by atoms with Crippen LogP contribution < -0.4 is 4.74 Å². The first-order chi connectivity index (χ1) is 7.18. The summed E-state index contributed by atoms with van der Waals surface area (Å²) < 4.78 is 5.49. The van der Waals surface area contributed by atoms with E-state index in [1.54, 1.807) is 13.8 Å². The molecule has 2 nitrogen and oxygen atoms in total. The highest BCUT2D eigenvalue weighted by atomic mass is 16.5. The van der Waals surface area contributed by atoms with Gasteiger partial charge in [-0.15, -0.1) is 0 Å². The third kappa shape index (κ3) is 4.23. The van der Waals surface area contributed by atoms with Gasteiger partial charge < -0.3 is 9.84 Å². The van der Waals surface area contributed by atoms with E-state index >= 15 is 0 Å². The van der Waals surface area contributed by atoms with Crippen LogP contribution in [0.2, 0.25) is 0 Å². The number of benzene rings is 1. The van der Waals surface area contributed by atoms with E-state index in [-0.39, 0.29) is 5.41 Å². The minimum atomic E-state index is -0.789. The van der Waals surface area contributed by atoms with Crippen LogP contribution >= 0.6 is 0 Å². The van der Waals surface area contributed by atoms with Crippen molar-refractivity contribution >= 4 is 0 Å². The van der Waals surface area contributed by atoms with Crippen LogP contribution in [0.5, 0.6) is 5.75 Å². The summed E-state index contributed by atoms with van der Waals surface area (Å²) in [6.45, 7) is 10.3. The van der Waals surface area contributed by atoms with Crippen molar-refractivity contribution in [1.29, 1.82) is 0 Å². The normalized spacial score (nSPS) is 12.6. The van der Waals surface area contributed by atoms with E-state index in [1.807, 2.05) is 12.1 Å². The summed E-state index contributed by atoms with van der Waals surface area (Å²) in [4.78, 5) is 0. The van der Waals surface area contributed by atoms with E-state index in [0.29, 0.717) is 6.61 Å². The minimum Gasteiger partial charge on any atom is -0.491 e. The highest BCUT2D eigenvalue weighted by Crippen LogP contribution is 2.24. The molecule has 0 saturated carbocycles. The van der Waals surface area contributed by atoms with E-state index in [2.05, 4.69) is 32.9 Å². The van der Waals surface area contributed by atoms with Crippen molar-refractivity contribution in [3.8, 4) is 5.75 Å². The Morgan fingerprint density at radius 2 is 1.50 bits per heavy atom. The first kappa shape index (κ1) is 13.0. The zero-order valence-corrected chi connectivity index (χ0v) is 10.9. The molecule has 1 N–H and O–H groups in total. The van der Waals surface area contributed by atoms with E-state index < -0.39 is 5.60 Å². The second-order valence-electron chi connectivity index (χ2n) is 5.88. The summed E-state index contributed by atoms with van der Waals surface area (Å²) in [5.41, 5.74) is 0.653. The second-order valence-corrected chi connectivity index (χ2v) is 5.88. The predicted molar refractivity (Wildman–Crippen MR) is 66.9 cm³/mol. The molecule has 0 aliphatic rings. The zero-order chi connectivity index (χ0) is 12.4. The molecule has 0 aromatic heterocycles. The Hall–Kier alpha value is -1.02. The minimum absolute atomic E-state index is 0.161. The van der Waals surface area contributed by atoms with Gasteiger partial charge in [-0.1, -0.05) is 32.9 Å². The molecule has 0 heterocycles. The maximum absolute atomic E-state index is 9.54. The van der Waals surface area contributed by atoms with E-state index in [4.69, 9.17) is 4.74 Å². The summed E-state index contributed by atoms with van der Waals surface area (Å²) in [6.07, 6.45) is 0. The van der Waals surface area contributed by atoms with E-state index in [0.717, 1.165) is 5.75 Å². The lowest BCUT2D eigenvalue weighted by atomic mass is 9.87. The lowest BCUT2D eigenvalue weighted by molar-refractivity contribution is 0.0285. The van der Waals surface area contributed by atoms with Crippen LogP contribution in [0.1, 0.15) is 40.2 Å². The molecule has 2 heteroatoms. The molecular weight excluding hydrogens is 200 g/mol. The molecule has 1 rings (SSSR count). The van der Waals surface area contributed by atoms with Gasteiger partial charge in [0.25, 0.3) is 0 Å². The Labute approximate surface area is 98.3 Å². The molecule has 1 aromatic rings. The van der Waals surface area contributed by atoms with Crippen molar-refractivity contribution in [2.45, 2.75) is 45.6 Å². The van der Waals surface area contributed by atoms with E-state index in [9.17, 15) is 5.11 Å². The predicted octanol–water partition coefficient (Wildman–Crippen LogP) is 3.13. The quantitative estimate of drug-likeness (QED) is 0.851. The van der Waals surface area contributed by atoms with Crippen LogP contribution in [0.4, 0.5) is 0 Å². The molecule has 0 bridgehead atoms. The summed E-state index contributed by atoms with van der Waals surface area (Å²) in [5.74, 6) is 0.801. The van der Waals surface area contributed by atoms with Crippen molar-refractivity contribution in [3.05, 3.63) is 29.8 Å². The molecule has 0 aliphatic carbocycles. The average Bonchev–Trinajstić information content (AvgIpc) is 2.13. The topological polar surface area (TPSA) is 29.5 Å². The fraction of sp³-hybridized carbons (Fsp3) is 0.571. The molecule has 0 aliphatic heterocycles. The third-order valence-electron chi connectivity index (χ3n) is 2.31. The molecule has 0 atom stereocenters.